The molecular weight excluding hydrogens is 238 g/mol. The molecule has 0 bridgehead atoms. The summed E-state index contributed by atoms with van der Waals surface area (Å²) >= 11 is 0. The maximum atomic E-state index is 11.3. The predicted molar refractivity (Wildman–Crippen MR) is 77.2 cm³/mol. The molecule has 2 heterocycles. The molecule has 104 valence electrons. The quantitative estimate of drug-likeness (QED) is 0.909. The number of pyridine rings is 1. The smallest absolute Gasteiger partial charge is 0.248 e. The van der Waals surface area contributed by atoms with E-state index in [2.05, 4.69) is 30.7 Å². The van der Waals surface area contributed by atoms with Crippen molar-refractivity contribution in [2.45, 2.75) is 46.1 Å². The lowest BCUT2D eigenvalue weighted by molar-refractivity contribution is 0.1000. The number of amides is 1. The average molecular weight is 261 g/mol. The molecule has 1 fully saturated rings. The van der Waals surface area contributed by atoms with E-state index in [1.165, 1.54) is 12.8 Å². The van der Waals surface area contributed by atoms with Crippen LogP contribution >= 0.6 is 0 Å². The number of hydrogen-bond donors (Lipinski definition) is 1. The molecule has 0 aromatic carbocycles. The number of primary amides is 1. The van der Waals surface area contributed by atoms with Crippen molar-refractivity contribution in [1.82, 2.24) is 4.98 Å². The van der Waals surface area contributed by atoms with Crippen molar-refractivity contribution >= 4 is 11.7 Å². The van der Waals surface area contributed by atoms with Crippen molar-refractivity contribution in [2.75, 3.05) is 11.4 Å². The molecule has 4 heteroatoms. The van der Waals surface area contributed by atoms with Crippen molar-refractivity contribution < 1.29 is 4.79 Å². The molecule has 0 saturated carbocycles. The van der Waals surface area contributed by atoms with Gasteiger partial charge in [0.15, 0.2) is 0 Å². The summed E-state index contributed by atoms with van der Waals surface area (Å²) in [4.78, 5) is 18.0. The van der Waals surface area contributed by atoms with Crippen LogP contribution in [0.3, 0.4) is 0 Å². The van der Waals surface area contributed by atoms with E-state index in [0.717, 1.165) is 18.8 Å². The fourth-order valence-corrected chi connectivity index (χ4v) is 2.79. The van der Waals surface area contributed by atoms with Crippen LogP contribution in [0.2, 0.25) is 0 Å². The van der Waals surface area contributed by atoms with Crippen LogP contribution in [0.4, 0.5) is 5.82 Å². The zero-order valence-corrected chi connectivity index (χ0v) is 12.0. The van der Waals surface area contributed by atoms with Crippen molar-refractivity contribution in [3.63, 3.8) is 0 Å². The summed E-state index contributed by atoms with van der Waals surface area (Å²) in [6.45, 7) is 7.79. The maximum Gasteiger partial charge on any atom is 0.248 e. The molecule has 19 heavy (non-hydrogen) atoms. The van der Waals surface area contributed by atoms with Gasteiger partial charge in [0, 0.05) is 24.3 Å². The standard InChI is InChI=1S/C15H23N3O/c1-15(2,3)10-12-5-4-8-18(12)13-9-11(14(16)19)6-7-17-13/h6-7,9,12H,4-5,8,10H2,1-3H3,(H2,16,19). The summed E-state index contributed by atoms with van der Waals surface area (Å²) in [5.74, 6) is 0.485. The summed E-state index contributed by atoms with van der Waals surface area (Å²) in [5.41, 5.74) is 6.17. The summed E-state index contributed by atoms with van der Waals surface area (Å²) in [6.07, 6.45) is 5.18. The number of carbonyl (C=O) groups is 1. The summed E-state index contributed by atoms with van der Waals surface area (Å²) < 4.78 is 0. The maximum absolute atomic E-state index is 11.3. The van der Waals surface area contributed by atoms with Crippen LogP contribution in [0, 0.1) is 5.41 Å². The minimum absolute atomic E-state index is 0.300. The van der Waals surface area contributed by atoms with Gasteiger partial charge in [-0.25, -0.2) is 4.98 Å². The van der Waals surface area contributed by atoms with E-state index in [1.54, 1.807) is 12.3 Å². The first kappa shape index (κ1) is 13.8. The van der Waals surface area contributed by atoms with E-state index >= 15 is 0 Å². The highest BCUT2D eigenvalue weighted by molar-refractivity contribution is 5.93. The van der Waals surface area contributed by atoms with Gasteiger partial charge in [-0.2, -0.15) is 0 Å². The number of nitrogens with zero attached hydrogens (tertiary/aromatic N) is 2. The lowest BCUT2D eigenvalue weighted by Gasteiger charge is -2.31. The second-order valence-corrected chi connectivity index (χ2v) is 6.52. The fraction of sp³-hybridized carbons (Fsp3) is 0.600. The van der Waals surface area contributed by atoms with E-state index in [0.29, 0.717) is 17.0 Å². The molecule has 1 aromatic rings. The number of anilines is 1. The van der Waals surface area contributed by atoms with E-state index in [9.17, 15) is 4.79 Å². The van der Waals surface area contributed by atoms with Crippen LogP contribution in [0.1, 0.15) is 50.4 Å². The Morgan fingerprint density at radius 2 is 2.26 bits per heavy atom. The SMILES string of the molecule is CC(C)(C)CC1CCCN1c1cc(C(N)=O)ccn1. The first-order chi connectivity index (χ1) is 8.87. The average Bonchev–Trinajstić information content (AvgIpc) is 2.75. The molecule has 0 spiro atoms. The molecule has 1 atom stereocenters. The van der Waals surface area contributed by atoms with Crippen LogP contribution in [0.15, 0.2) is 18.3 Å². The van der Waals surface area contributed by atoms with Gasteiger partial charge in [-0.05, 0) is 36.8 Å². The van der Waals surface area contributed by atoms with Gasteiger partial charge in [-0.1, -0.05) is 20.8 Å². The van der Waals surface area contributed by atoms with Gasteiger partial charge in [-0.3, -0.25) is 4.79 Å². The van der Waals surface area contributed by atoms with E-state index in [-0.39, 0.29) is 0 Å². The van der Waals surface area contributed by atoms with Crippen LogP contribution in [0.25, 0.3) is 0 Å². The largest absolute Gasteiger partial charge is 0.366 e. The molecule has 1 saturated heterocycles. The van der Waals surface area contributed by atoms with Gasteiger partial charge < -0.3 is 10.6 Å². The molecule has 0 radical (unpaired) electrons. The van der Waals surface area contributed by atoms with Gasteiger partial charge >= 0.3 is 0 Å². The molecule has 0 aliphatic carbocycles. The van der Waals surface area contributed by atoms with Gasteiger partial charge in [0.05, 0.1) is 0 Å². The topological polar surface area (TPSA) is 59.2 Å². The lowest BCUT2D eigenvalue weighted by Crippen LogP contribution is -2.33. The summed E-state index contributed by atoms with van der Waals surface area (Å²) in [7, 11) is 0. The predicted octanol–water partition coefficient (Wildman–Crippen LogP) is 2.59. The summed E-state index contributed by atoms with van der Waals surface area (Å²) in [6, 6.07) is 3.99. The van der Waals surface area contributed by atoms with Crippen LogP contribution < -0.4 is 10.6 Å². The number of nitrogens with two attached hydrogens (primary N) is 1. The molecule has 4 nitrogen and oxygen atoms in total. The Kier molecular flexibility index (Phi) is 3.78. The van der Waals surface area contributed by atoms with Crippen LogP contribution in [0.5, 0.6) is 0 Å². The molecule has 2 rings (SSSR count). The van der Waals surface area contributed by atoms with E-state index in [1.807, 2.05) is 6.07 Å². The third kappa shape index (κ3) is 3.46. The Bertz CT molecular complexity index is 465. The monoisotopic (exact) mass is 261 g/mol. The van der Waals surface area contributed by atoms with Gasteiger partial charge in [0.1, 0.15) is 5.82 Å². The molecule has 1 aromatic heterocycles. The van der Waals surface area contributed by atoms with Crippen LogP contribution in [-0.4, -0.2) is 23.5 Å². The number of rotatable bonds is 3. The normalized spacial score (nSPS) is 19.7. The third-order valence-electron chi connectivity index (χ3n) is 3.55. The number of carbonyl (C=O) groups excluding carboxylic acids is 1. The van der Waals surface area contributed by atoms with Crippen molar-refractivity contribution in [1.29, 1.82) is 0 Å². The Hall–Kier alpha value is -1.58. The lowest BCUT2D eigenvalue weighted by atomic mass is 9.87. The Balaban J connectivity index is 2.20. The second kappa shape index (κ2) is 5.19. The van der Waals surface area contributed by atoms with E-state index in [4.69, 9.17) is 5.73 Å². The number of hydrogen-bond acceptors (Lipinski definition) is 3. The Labute approximate surface area is 115 Å². The Morgan fingerprint density at radius 3 is 2.89 bits per heavy atom. The number of aromatic nitrogens is 1. The molecule has 1 aliphatic rings. The molecular formula is C15H23N3O. The zero-order chi connectivity index (χ0) is 14.0. The minimum Gasteiger partial charge on any atom is -0.366 e. The highest BCUT2D eigenvalue weighted by Crippen LogP contribution is 2.32. The molecule has 1 aliphatic heterocycles. The van der Waals surface area contributed by atoms with Crippen molar-refractivity contribution in [3.05, 3.63) is 23.9 Å². The zero-order valence-electron chi connectivity index (χ0n) is 12.0. The summed E-state index contributed by atoms with van der Waals surface area (Å²) in [5, 5.41) is 0. The highest BCUT2D eigenvalue weighted by Gasteiger charge is 2.29. The van der Waals surface area contributed by atoms with Crippen molar-refractivity contribution in [2.24, 2.45) is 11.1 Å². The third-order valence-corrected chi connectivity index (χ3v) is 3.55. The van der Waals surface area contributed by atoms with Gasteiger partial charge in [0.2, 0.25) is 5.91 Å². The first-order valence-electron chi connectivity index (χ1n) is 6.89. The molecule has 2 N–H and O–H groups in total. The van der Waals surface area contributed by atoms with E-state index < -0.39 is 5.91 Å². The first-order valence-corrected chi connectivity index (χ1v) is 6.89. The van der Waals surface area contributed by atoms with Gasteiger partial charge in [-0.15, -0.1) is 0 Å². The minimum atomic E-state index is -0.393. The van der Waals surface area contributed by atoms with Crippen LogP contribution in [-0.2, 0) is 0 Å². The second-order valence-electron chi connectivity index (χ2n) is 6.52. The van der Waals surface area contributed by atoms with Crippen molar-refractivity contribution in [3.8, 4) is 0 Å². The molecule has 1 amide bonds. The Morgan fingerprint density at radius 1 is 1.53 bits per heavy atom. The fourth-order valence-electron chi connectivity index (χ4n) is 2.79. The van der Waals surface area contributed by atoms with Gasteiger partial charge in [0.25, 0.3) is 0 Å². The molecule has 1 unspecified atom stereocenters. The highest BCUT2D eigenvalue weighted by atomic mass is 16.1.